The average Bonchev–Trinajstić information content (AvgIpc) is 2.75. The van der Waals surface area contributed by atoms with Crippen molar-refractivity contribution in [1.29, 1.82) is 0 Å². The predicted molar refractivity (Wildman–Crippen MR) is 34.8 cm³/mol. The molecule has 1 heterocycles. The van der Waals surface area contributed by atoms with E-state index in [1.54, 1.807) is 0 Å². The van der Waals surface area contributed by atoms with Gasteiger partial charge in [-0.3, -0.25) is 4.79 Å². The van der Waals surface area contributed by atoms with Crippen molar-refractivity contribution in [2.75, 3.05) is 6.61 Å². The second kappa shape index (κ2) is 2.14. The van der Waals surface area contributed by atoms with Gasteiger partial charge < -0.3 is 14.9 Å². The number of fused-ring (bicyclic) bond motifs is 1. The van der Waals surface area contributed by atoms with E-state index >= 15 is 0 Å². The third-order valence-electron chi connectivity index (χ3n) is 1.98. The summed E-state index contributed by atoms with van der Waals surface area (Å²) in [6.07, 6.45) is -0.203. The van der Waals surface area contributed by atoms with E-state index in [1.807, 2.05) is 0 Å². The van der Waals surface area contributed by atoms with E-state index in [0.29, 0.717) is 0 Å². The van der Waals surface area contributed by atoms with Crippen molar-refractivity contribution in [3.05, 3.63) is 11.6 Å². The summed E-state index contributed by atoms with van der Waals surface area (Å²) >= 11 is 0. The molecule has 0 saturated carbocycles. The first kappa shape index (κ1) is 6.97. The fourth-order valence-corrected chi connectivity index (χ4v) is 1.29. The van der Waals surface area contributed by atoms with Crippen LogP contribution in [0.15, 0.2) is 11.6 Å². The van der Waals surface area contributed by atoms with E-state index in [9.17, 15) is 9.90 Å². The van der Waals surface area contributed by atoms with Gasteiger partial charge in [-0.1, -0.05) is 0 Å². The third-order valence-corrected chi connectivity index (χ3v) is 1.98. The van der Waals surface area contributed by atoms with Gasteiger partial charge in [0.25, 0.3) is 0 Å². The van der Waals surface area contributed by atoms with Crippen molar-refractivity contribution >= 4 is 5.78 Å². The molecule has 0 aromatic heterocycles. The molecule has 3 atom stereocenters. The minimum absolute atomic E-state index is 0.192. The normalized spacial score (nSPS) is 41.5. The number of epoxide rings is 1. The first-order valence-electron chi connectivity index (χ1n) is 3.43. The Bertz CT molecular complexity index is 233. The highest BCUT2D eigenvalue weighted by Gasteiger charge is 2.52. The highest BCUT2D eigenvalue weighted by atomic mass is 16.6. The average molecular weight is 156 g/mol. The number of hydrogen-bond acceptors (Lipinski definition) is 4. The number of carbonyl (C=O) groups is 1. The van der Waals surface area contributed by atoms with E-state index < -0.39 is 12.2 Å². The van der Waals surface area contributed by atoms with Crippen LogP contribution >= 0.6 is 0 Å². The first-order chi connectivity index (χ1) is 5.24. The standard InChI is InChI=1S/C7H8O4/c8-2-3-1-4(9)6-7(11-6)5(3)10/h1,4,6-9H,2H2/t4-,6-,7+/m0/s1. The van der Waals surface area contributed by atoms with Crippen LogP contribution in [0.25, 0.3) is 0 Å². The number of Topliss-reactive ketones (excluding diaryl/α,β-unsaturated/α-hetero) is 1. The molecule has 2 N–H and O–H groups in total. The fraction of sp³-hybridized carbons (Fsp3) is 0.571. The van der Waals surface area contributed by atoms with Crippen LogP contribution in [0.1, 0.15) is 0 Å². The van der Waals surface area contributed by atoms with Gasteiger partial charge in [0.05, 0.1) is 6.61 Å². The van der Waals surface area contributed by atoms with Crippen LogP contribution in [0.4, 0.5) is 0 Å². The van der Waals surface area contributed by atoms with Crippen LogP contribution in [0.2, 0.25) is 0 Å². The monoisotopic (exact) mass is 156 g/mol. The molecule has 60 valence electrons. The van der Waals surface area contributed by atoms with Gasteiger partial charge in [0, 0.05) is 5.57 Å². The van der Waals surface area contributed by atoms with Crippen LogP contribution in [0.3, 0.4) is 0 Å². The molecule has 4 heteroatoms. The second-order valence-corrected chi connectivity index (χ2v) is 2.73. The molecule has 0 unspecified atom stereocenters. The Morgan fingerprint density at radius 3 is 3.00 bits per heavy atom. The highest BCUT2D eigenvalue weighted by molar-refractivity contribution is 6.02. The molecule has 0 aromatic carbocycles. The van der Waals surface area contributed by atoms with Crippen molar-refractivity contribution < 1.29 is 19.7 Å². The molecule has 1 saturated heterocycles. The van der Waals surface area contributed by atoms with Crippen molar-refractivity contribution in [3.63, 3.8) is 0 Å². The molecule has 11 heavy (non-hydrogen) atoms. The molecule has 4 nitrogen and oxygen atoms in total. The number of ether oxygens (including phenoxy) is 1. The highest BCUT2D eigenvalue weighted by Crippen LogP contribution is 2.33. The van der Waals surface area contributed by atoms with Gasteiger partial charge >= 0.3 is 0 Å². The van der Waals surface area contributed by atoms with E-state index in [2.05, 4.69) is 0 Å². The van der Waals surface area contributed by atoms with Gasteiger partial charge in [-0.05, 0) is 6.08 Å². The van der Waals surface area contributed by atoms with Crippen LogP contribution < -0.4 is 0 Å². The van der Waals surface area contributed by atoms with Crippen molar-refractivity contribution in [2.24, 2.45) is 0 Å². The summed E-state index contributed by atoms with van der Waals surface area (Å²) in [5.41, 5.74) is 0.260. The lowest BCUT2D eigenvalue weighted by Gasteiger charge is -2.09. The molecule has 1 aliphatic heterocycles. The van der Waals surface area contributed by atoms with Crippen LogP contribution in [-0.2, 0) is 9.53 Å². The quantitative estimate of drug-likeness (QED) is 0.459. The molecular weight excluding hydrogens is 148 g/mol. The first-order valence-corrected chi connectivity index (χ1v) is 3.43. The molecule has 2 rings (SSSR count). The maximum absolute atomic E-state index is 11.1. The van der Waals surface area contributed by atoms with E-state index in [4.69, 9.17) is 9.84 Å². The number of carbonyl (C=O) groups excluding carboxylic acids is 1. The van der Waals surface area contributed by atoms with E-state index in [0.717, 1.165) is 0 Å². The Kier molecular flexibility index (Phi) is 1.35. The number of aliphatic hydroxyl groups excluding tert-OH is 2. The zero-order valence-corrected chi connectivity index (χ0v) is 5.73. The molecule has 0 bridgehead atoms. The lowest BCUT2D eigenvalue weighted by molar-refractivity contribution is -0.117. The SMILES string of the molecule is O=C1C(CO)=C[C@H](O)[C@@H]2O[C@H]12. The van der Waals surface area contributed by atoms with Crippen molar-refractivity contribution in [2.45, 2.75) is 18.3 Å². The summed E-state index contributed by atoms with van der Waals surface area (Å²) in [5.74, 6) is -0.192. The Hall–Kier alpha value is -0.710. The third kappa shape index (κ3) is 0.910. The number of ketones is 1. The van der Waals surface area contributed by atoms with Crippen LogP contribution in [-0.4, -0.2) is 40.9 Å². The molecule has 1 fully saturated rings. The number of rotatable bonds is 1. The summed E-state index contributed by atoms with van der Waals surface area (Å²) in [6.45, 7) is -0.317. The molecule has 0 aromatic rings. The van der Waals surface area contributed by atoms with Crippen LogP contribution in [0, 0.1) is 0 Å². The van der Waals surface area contributed by atoms with Gasteiger partial charge in [-0.15, -0.1) is 0 Å². The Balaban J connectivity index is 2.25. The molecule has 1 aliphatic carbocycles. The fourth-order valence-electron chi connectivity index (χ4n) is 1.29. The Morgan fingerprint density at radius 1 is 1.64 bits per heavy atom. The summed E-state index contributed by atoms with van der Waals surface area (Å²) < 4.78 is 4.87. The van der Waals surface area contributed by atoms with Gasteiger partial charge in [0.2, 0.25) is 0 Å². The van der Waals surface area contributed by atoms with Gasteiger partial charge in [0.15, 0.2) is 5.78 Å². The Labute approximate surface area is 63.1 Å². The lowest BCUT2D eigenvalue weighted by atomic mass is 9.97. The maximum Gasteiger partial charge on any atom is 0.192 e. The van der Waals surface area contributed by atoms with Crippen LogP contribution in [0.5, 0.6) is 0 Å². The largest absolute Gasteiger partial charge is 0.392 e. The minimum atomic E-state index is -0.722. The van der Waals surface area contributed by atoms with E-state index in [-0.39, 0.29) is 24.1 Å². The molecular formula is C7H8O4. The minimum Gasteiger partial charge on any atom is -0.392 e. The lowest BCUT2D eigenvalue weighted by Crippen LogP contribution is -2.27. The van der Waals surface area contributed by atoms with Gasteiger partial charge in [-0.2, -0.15) is 0 Å². The van der Waals surface area contributed by atoms with E-state index in [1.165, 1.54) is 6.08 Å². The zero-order chi connectivity index (χ0) is 8.01. The molecule has 0 amide bonds. The van der Waals surface area contributed by atoms with Gasteiger partial charge in [0.1, 0.15) is 18.3 Å². The number of aliphatic hydroxyl groups is 2. The summed E-state index contributed by atoms with van der Waals surface area (Å²) in [7, 11) is 0. The Morgan fingerprint density at radius 2 is 2.36 bits per heavy atom. The smallest absolute Gasteiger partial charge is 0.192 e. The number of hydrogen-bond donors (Lipinski definition) is 2. The zero-order valence-electron chi connectivity index (χ0n) is 5.73. The van der Waals surface area contributed by atoms with Gasteiger partial charge in [-0.25, -0.2) is 0 Å². The topological polar surface area (TPSA) is 70.1 Å². The molecule has 0 radical (unpaired) electrons. The summed E-state index contributed by atoms with van der Waals surface area (Å²) in [6, 6.07) is 0. The van der Waals surface area contributed by atoms with Crippen molar-refractivity contribution in [3.8, 4) is 0 Å². The molecule has 2 aliphatic rings. The van der Waals surface area contributed by atoms with Crippen molar-refractivity contribution in [1.82, 2.24) is 0 Å². The predicted octanol–water partition coefficient (Wildman–Crippen LogP) is -1.38. The summed E-state index contributed by atoms with van der Waals surface area (Å²) in [4.78, 5) is 11.1. The second-order valence-electron chi connectivity index (χ2n) is 2.73. The summed E-state index contributed by atoms with van der Waals surface area (Å²) in [5, 5.41) is 17.8. The molecule has 0 spiro atoms. The maximum atomic E-state index is 11.1.